The smallest absolute Gasteiger partial charge is 0.207 e. The van der Waals surface area contributed by atoms with Crippen LogP contribution in [0.2, 0.25) is 0 Å². The molecular weight excluding hydrogens is 382 g/mol. The molecule has 0 unspecified atom stereocenters. The van der Waals surface area contributed by atoms with E-state index in [1.54, 1.807) is 28.8 Å². The molecule has 9 heteroatoms. The average molecular weight is 400 g/mol. The van der Waals surface area contributed by atoms with Gasteiger partial charge in [0.25, 0.3) is 0 Å². The zero-order valence-corrected chi connectivity index (χ0v) is 16.4. The maximum atomic E-state index is 12.4. The van der Waals surface area contributed by atoms with E-state index < -0.39 is 10.0 Å². The standard InChI is InChI=1S/C18H17N5O2S2/c1-12-3-9-16(10-4-12)27(24,25)19-11-14-5-7-15(8-6-14)17-22-23-13(2)20-21-18(23)26-17/h3-10,19H,11H2,1-2H3. The largest absolute Gasteiger partial charge is 0.240 e. The Morgan fingerprint density at radius 1 is 1.00 bits per heavy atom. The van der Waals surface area contributed by atoms with Crippen LogP contribution in [-0.2, 0) is 16.6 Å². The van der Waals surface area contributed by atoms with Gasteiger partial charge in [0.15, 0.2) is 5.82 Å². The molecule has 0 spiro atoms. The molecule has 7 nitrogen and oxygen atoms in total. The first-order valence-electron chi connectivity index (χ1n) is 8.27. The average Bonchev–Trinajstić information content (AvgIpc) is 3.23. The van der Waals surface area contributed by atoms with Crippen molar-refractivity contribution < 1.29 is 8.42 Å². The van der Waals surface area contributed by atoms with Crippen LogP contribution in [0.15, 0.2) is 53.4 Å². The van der Waals surface area contributed by atoms with Gasteiger partial charge in [0.05, 0.1) is 4.90 Å². The van der Waals surface area contributed by atoms with E-state index in [0.717, 1.165) is 32.5 Å². The van der Waals surface area contributed by atoms with Crippen LogP contribution in [0.5, 0.6) is 0 Å². The van der Waals surface area contributed by atoms with Crippen molar-refractivity contribution in [2.45, 2.75) is 25.3 Å². The Bertz CT molecular complexity index is 1190. The van der Waals surface area contributed by atoms with Crippen molar-refractivity contribution in [1.82, 2.24) is 24.5 Å². The van der Waals surface area contributed by atoms with Crippen molar-refractivity contribution in [1.29, 1.82) is 0 Å². The first-order valence-corrected chi connectivity index (χ1v) is 10.6. The first-order chi connectivity index (χ1) is 12.9. The van der Waals surface area contributed by atoms with Crippen molar-refractivity contribution in [3.05, 3.63) is 65.5 Å². The summed E-state index contributed by atoms with van der Waals surface area (Å²) in [5.41, 5.74) is 2.84. The second-order valence-electron chi connectivity index (χ2n) is 6.18. The Balaban J connectivity index is 1.48. The monoisotopic (exact) mass is 399 g/mol. The van der Waals surface area contributed by atoms with Crippen LogP contribution in [0.4, 0.5) is 0 Å². The molecule has 2 heterocycles. The lowest BCUT2D eigenvalue weighted by atomic mass is 10.1. The van der Waals surface area contributed by atoms with Crippen LogP contribution in [-0.4, -0.2) is 28.2 Å². The number of hydrogen-bond donors (Lipinski definition) is 1. The van der Waals surface area contributed by atoms with Gasteiger partial charge in [-0.2, -0.15) is 9.61 Å². The molecule has 0 saturated carbocycles. The van der Waals surface area contributed by atoms with Gasteiger partial charge in [0.2, 0.25) is 15.0 Å². The van der Waals surface area contributed by atoms with Crippen LogP contribution < -0.4 is 4.72 Å². The number of fused-ring (bicyclic) bond motifs is 1. The molecule has 0 fully saturated rings. The number of aryl methyl sites for hydroxylation is 2. The summed E-state index contributed by atoms with van der Waals surface area (Å²) >= 11 is 1.46. The van der Waals surface area contributed by atoms with Gasteiger partial charge >= 0.3 is 0 Å². The molecule has 0 aliphatic rings. The van der Waals surface area contributed by atoms with Crippen LogP contribution in [0.3, 0.4) is 0 Å². The second-order valence-corrected chi connectivity index (χ2v) is 8.91. The Kier molecular flexibility index (Phi) is 4.50. The predicted octanol–water partition coefficient (Wildman–Crippen LogP) is 2.95. The fraction of sp³-hybridized carbons (Fsp3) is 0.167. The first kappa shape index (κ1) is 17.8. The lowest BCUT2D eigenvalue weighted by Gasteiger charge is -2.07. The summed E-state index contributed by atoms with van der Waals surface area (Å²) in [6.07, 6.45) is 0. The van der Waals surface area contributed by atoms with Crippen LogP contribution in [0.25, 0.3) is 15.5 Å². The number of rotatable bonds is 5. The van der Waals surface area contributed by atoms with Gasteiger partial charge in [-0.15, -0.1) is 10.2 Å². The highest BCUT2D eigenvalue weighted by Crippen LogP contribution is 2.25. The molecule has 0 bridgehead atoms. The van der Waals surface area contributed by atoms with E-state index in [4.69, 9.17) is 0 Å². The van der Waals surface area contributed by atoms with Gasteiger partial charge in [-0.25, -0.2) is 13.1 Å². The third-order valence-electron chi connectivity index (χ3n) is 4.15. The molecule has 0 atom stereocenters. The minimum Gasteiger partial charge on any atom is -0.207 e. The van der Waals surface area contributed by atoms with E-state index in [1.165, 1.54) is 11.3 Å². The Hall–Kier alpha value is -2.62. The topological polar surface area (TPSA) is 89.2 Å². The fourth-order valence-electron chi connectivity index (χ4n) is 2.58. The summed E-state index contributed by atoms with van der Waals surface area (Å²) in [5, 5.41) is 13.4. The minimum atomic E-state index is -3.53. The highest BCUT2D eigenvalue weighted by atomic mass is 32.2. The van der Waals surface area contributed by atoms with Gasteiger partial charge in [0.1, 0.15) is 5.01 Å². The van der Waals surface area contributed by atoms with E-state index in [-0.39, 0.29) is 11.4 Å². The molecule has 4 rings (SSSR count). The van der Waals surface area contributed by atoms with Crippen molar-refractivity contribution in [3.8, 4) is 10.6 Å². The fourth-order valence-corrected chi connectivity index (χ4v) is 4.48. The van der Waals surface area contributed by atoms with Crippen molar-refractivity contribution in [2.75, 3.05) is 0 Å². The van der Waals surface area contributed by atoms with Crippen molar-refractivity contribution in [2.24, 2.45) is 0 Å². The normalized spacial score (nSPS) is 11.9. The Labute approximate surface area is 160 Å². The second kappa shape index (κ2) is 6.84. The predicted molar refractivity (Wildman–Crippen MR) is 104 cm³/mol. The summed E-state index contributed by atoms with van der Waals surface area (Å²) in [6.45, 7) is 4.00. The number of hydrogen-bond acceptors (Lipinski definition) is 6. The van der Waals surface area contributed by atoms with E-state index in [9.17, 15) is 8.42 Å². The number of benzene rings is 2. The SMILES string of the molecule is Cc1ccc(S(=O)(=O)NCc2ccc(-c3nn4c(C)nnc4s3)cc2)cc1. The minimum absolute atomic E-state index is 0.223. The molecule has 0 aliphatic heterocycles. The van der Waals surface area contributed by atoms with E-state index >= 15 is 0 Å². The van der Waals surface area contributed by atoms with E-state index in [1.807, 2.05) is 38.1 Å². The zero-order valence-electron chi connectivity index (χ0n) is 14.7. The molecule has 0 aliphatic carbocycles. The number of nitrogens with zero attached hydrogens (tertiary/aromatic N) is 4. The zero-order chi connectivity index (χ0) is 19.0. The number of aromatic nitrogens is 4. The maximum absolute atomic E-state index is 12.4. The van der Waals surface area contributed by atoms with Crippen LogP contribution in [0, 0.1) is 13.8 Å². The molecule has 0 radical (unpaired) electrons. The highest BCUT2D eigenvalue weighted by Gasteiger charge is 2.14. The maximum Gasteiger partial charge on any atom is 0.240 e. The van der Waals surface area contributed by atoms with Gasteiger partial charge in [-0.1, -0.05) is 53.3 Å². The van der Waals surface area contributed by atoms with Crippen LogP contribution in [0.1, 0.15) is 17.0 Å². The molecule has 1 N–H and O–H groups in total. The van der Waals surface area contributed by atoms with Crippen molar-refractivity contribution >= 4 is 26.3 Å². The Morgan fingerprint density at radius 3 is 2.37 bits per heavy atom. The molecule has 138 valence electrons. The molecule has 0 saturated heterocycles. The Morgan fingerprint density at radius 2 is 1.70 bits per heavy atom. The molecule has 4 aromatic rings. The summed E-state index contributed by atoms with van der Waals surface area (Å²) < 4.78 is 29.1. The molecule has 2 aromatic carbocycles. The summed E-state index contributed by atoms with van der Waals surface area (Å²) in [7, 11) is -3.53. The lowest BCUT2D eigenvalue weighted by molar-refractivity contribution is 0.581. The van der Waals surface area contributed by atoms with Crippen LogP contribution >= 0.6 is 11.3 Å². The number of sulfonamides is 1. The van der Waals surface area contributed by atoms with Gasteiger partial charge in [-0.3, -0.25) is 0 Å². The van der Waals surface area contributed by atoms with Gasteiger partial charge < -0.3 is 0 Å². The molecule has 27 heavy (non-hydrogen) atoms. The summed E-state index contributed by atoms with van der Waals surface area (Å²) in [4.78, 5) is 1.01. The lowest BCUT2D eigenvalue weighted by Crippen LogP contribution is -2.23. The molecular formula is C18H17N5O2S2. The van der Waals surface area contributed by atoms with Gasteiger partial charge in [-0.05, 0) is 31.5 Å². The van der Waals surface area contributed by atoms with E-state index in [0.29, 0.717) is 0 Å². The van der Waals surface area contributed by atoms with E-state index in [2.05, 4.69) is 20.0 Å². The quantitative estimate of drug-likeness (QED) is 0.557. The summed E-state index contributed by atoms with van der Waals surface area (Å²) in [6, 6.07) is 14.4. The highest BCUT2D eigenvalue weighted by molar-refractivity contribution is 7.89. The third-order valence-corrected chi connectivity index (χ3v) is 6.51. The number of nitrogens with one attached hydrogen (secondary N) is 1. The summed E-state index contributed by atoms with van der Waals surface area (Å²) in [5.74, 6) is 0.745. The third kappa shape index (κ3) is 3.61. The van der Waals surface area contributed by atoms with Crippen molar-refractivity contribution in [3.63, 3.8) is 0 Å². The molecule has 0 amide bonds. The molecule has 2 aromatic heterocycles. The van der Waals surface area contributed by atoms with Gasteiger partial charge in [0, 0.05) is 12.1 Å².